The van der Waals surface area contributed by atoms with Crippen LogP contribution in [0.5, 0.6) is 5.75 Å². The highest BCUT2D eigenvalue weighted by Crippen LogP contribution is 2.25. The van der Waals surface area contributed by atoms with Gasteiger partial charge in [-0.15, -0.1) is 0 Å². The summed E-state index contributed by atoms with van der Waals surface area (Å²) in [5.41, 5.74) is 3.41. The number of benzene rings is 2. The number of hydrogen-bond donors (Lipinski definition) is 1. The molecule has 19 heavy (non-hydrogen) atoms. The molecule has 3 nitrogen and oxygen atoms in total. The van der Waals surface area contributed by atoms with Gasteiger partial charge < -0.3 is 9.72 Å². The summed E-state index contributed by atoms with van der Waals surface area (Å²) in [5.74, 6) is 1.75. The Bertz CT molecular complexity index is 657. The smallest absolute Gasteiger partial charge is 0.137 e. The zero-order chi connectivity index (χ0) is 13.1. The lowest BCUT2D eigenvalue weighted by atomic mass is 10.0. The van der Waals surface area contributed by atoms with Crippen LogP contribution in [0.15, 0.2) is 60.9 Å². The van der Waals surface area contributed by atoms with Gasteiger partial charge in [0.05, 0.1) is 7.11 Å². The van der Waals surface area contributed by atoms with Crippen molar-refractivity contribution in [3.63, 3.8) is 0 Å². The van der Waals surface area contributed by atoms with Crippen LogP contribution >= 0.6 is 0 Å². The van der Waals surface area contributed by atoms with Crippen LogP contribution in [0.1, 0.15) is 0 Å². The molecular formula is C16H14N2O. The largest absolute Gasteiger partial charge is 0.497 e. The number of H-pyrrole nitrogens is 1. The van der Waals surface area contributed by atoms with Gasteiger partial charge in [-0.2, -0.15) is 0 Å². The molecule has 3 aromatic rings. The lowest BCUT2D eigenvalue weighted by molar-refractivity contribution is 0.415. The van der Waals surface area contributed by atoms with Crippen molar-refractivity contribution >= 4 is 0 Å². The van der Waals surface area contributed by atoms with E-state index in [-0.39, 0.29) is 0 Å². The van der Waals surface area contributed by atoms with Gasteiger partial charge in [0, 0.05) is 18.0 Å². The summed E-state index contributed by atoms with van der Waals surface area (Å²) < 4.78 is 5.17. The zero-order valence-electron chi connectivity index (χ0n) is 10.6. The molecule has 0 unspecified atom stereocenters. The molecule has 0 atom stereocenters. The van der Waals surface area contributed by atoms with Gasteiger partial charge in [0.15, 0.2) is 0 Å². The molecule has 0 aliphatic rings. The average molecular weight is 250 g/mol. The lowest BCUT2D eigenvalue weighted by Crippen LogP contribution is -1.84. The number of aromatic amines is 1. The Balaban J connectivity index is 1.98. The third-order valence-electron chi connectivity index (χ3n) is 3.06. The minimum Gasteiger partial charge on any atom is -0.497 e. The summed E-state index contributed by atoms with van der Waals surface area (Å²) in [6, 6.07) is 16.3. The number of nitrogens with zero attached hydrogens (tertiary/aromatic N) is 1. The normalized spacial score (nSPS) is 10.4. The van der Waals surface area contributed by atoms with Crippen molar-refractivity contribution in [2.45, 2.75) is 0 Å². The van der Waals surface area contributed by atoms with Crippen molar-refractivity contribution < 1.29 is 4.74 Å². The van der Waals surface area contributed by atoms with E-state index >= 15 is 0 Å². The first-order chi connectivity index (χ1) is 9.36. The van der Waals surface area contributed by atoms with Crippen molar-refractivity contribution in [1.82, 2.24) is 9.97 Å². The Kier molecular flexibility index (Phi) is 3.02. The highest BCUT2D eigenvalue weighted by Gasteiger charge is 2.03. The maximum atomic E-state index is 5.17. The molecule has 0 spiro atoms. The number of methoxy groups -OCH3 is 1. The van der Waals surface area contributed by atoms with Crippen LogP contribution in [0.4, 0.5) is 0 Å². The quantitative estimate of drug-likeness (QED) is 0.768. The first kappa shape index (κ1) is 11.5. The second kappa shape index (κ2) is 4.98. The Hall–Kier alpha value is -2.55. The van der Waals surface area contributed by atoms with Crippen LogP contribution in [0, 0.1) is 0 Å². The van der Waals surface area contributed by atoms with Crippen LogP contribution < -0.4 is 4.74 Å². The molecule has 0 aliphatic heterocycles. The predicted octanol–water partition coefficient (Wildman–Crippen LogP) is 3.75. The summed E-state index contributed by atoms with van der Waals surface area (Å²) in [4.78, 5) is 7.39. The van der Waals surface area contributed by atoms with Crippen molar-refractivity contribution in [2.75, 3.05) is 7.11 Å². The topological polar surface area (TPSA) is 37.9 Å². The van der Waals surface area contributed by atoms with Crippen molar-refractivity contribution in [2.24, 2.45) is 0 Å². The van der Waals surface area contributed by atoms with E-state index in [1.165, 1.54) is 0 Å². The van der Waals surface area contributed by atoms with E-state index in [9.17, 15) is 0 Å². The molecule has 0 amide bonds. The van der Waals surface area contributed by atoms with E-state index in [1.54, 1.807) is 13.3 Å². The van der Waals surface area contributed by atoms with Gasteiger partial charge in [0.1, 0.15) is 11.6 Å². The lowest BCUT2D eigenvalue weighted by Gasteiger charge is -2.05. The van der Waals surface area contributed by atoms with E-state index in [0.717, 1.165) is 28.3 Å². The molecule has 0 aliphatic carbocycles. The monoisotopic (exact) mass is 250 g/mol. The Morgan fingerprint density at radius 3 is 2.42 bits per heavy atom. The van der Waals surface area contributed by atoms with Gasteiger partial charge in [-0.05, 0) is 29.3 Å². The maximum Gasteiger partial charge on any atom is 0.137 e. The molecule has 1 N–H and O–H groups in total. The molecule has 3 rings (SSSR count). The molecular weight excluding hydrogens is 236 g/mol. The van der Waals surface area contributed by atoms with Gasteiger partial charge in [-0.3, -0.25) is 0 Å². The number of hydrogen-bond acceptors (Lipinski definition) is 2. The third-order valence-corrected chi connectivity index (χ3v) is 3.06. The average Bonchev–Trinajstić information content (AvgIpc) is 3.02. The summed E-state index contributed by atoms with van der Waals surface area (Å²) in [6.07, 6.45) is 3.59. The van der Waals surface area contributed by atoms with E-state index in [1.807, 2.05) is 30.5 Å². The van der Waals surface area contributed by atoms with Crippen LogP contribution in [0.2, 0.25) is 0 Å². The third kappa shape index (κ3) is 2.36. The molecule has 2 aromatic carbocycles. The van der Waals surface area contributed by atoms with E-state index in [4.69, 9.17) is 4.74 Å². The fraction of sp³-hybridized carbons (Fsp3) is 0.0625. The Morgan fingerprint density at radius 2 is 1.74 bits per heavy atom. The van der Waals surface area contributed by atoms with Gasteiger partial charge in [0.25, 0.3) is 0 Å². The molecule has 0 radical (unpaired) electrons. The first-order valence-electron chi connectivity index (χ1n) is 6.11. The molecule has 0 saturated carbocycles. The number of aromatic nitrogens is 2. The minimum atomic E-state index is 0.867. The fourth-order valence-electron chi connectivity index (χ4n) is 2.05. The van der Waals surface area contributed by atoms with E-state index in [0.29, 0.717) is 0 Å². The SMILES string of the molecule is COc1ccc(-c2cccc(-c3ncc[nH]3)c2)cc1. The number of rotatable bonds is 3. The molecule has 0 fully saturated rings. The molecule has 1 heterocycles. The van der Waals surface area contributed by atoms with E-state index in [2.05, 4.69) is 34.2 Å². The zero-order valence-corrected chi connectivity index (χ0v) is 10.6. The van der Waals surface area contributed by atoms with Crippen LogP contribution in [-0.4, -0.2) is 17.1 Å². The van der Waals surface area contributed by atoms with Gasteiger partial charge in [-0.25, -0.2) is 4.98 Å². The predicted molar refractivity (Wildman–Crippen MR) is 76.0 cm³/mol. The van der Waals surface area contributed by atoms with Crippen LogP contribution in [0.3, 0.4) is 0 Å². The fourth-order valence-corrected chi connectivity index (χ4v) is 2.05. The Labute approximate surface area is 111 Å². The second-order valence-corrected chi connectivity index (χ2v) is 4.25. The molecule has 1 aromatic heterocycles. The van der Waals surface area contributed by atoms with Gasteiger partial charge in [-0.1, -0.05) is 30.3 Å². The summed E-state index contributed by atoms with van der Waals surface area (Å²) in [5, 5.41) is 0. The number of nitrogens with one attached hydrogen (secondary N) is 1. The molecule has 0 saturated heterocycles. The van der Waals surface area contributed by atoms with Gasteiger partial charge >= 0.3 is 0 Å². The van der Waals surface area contributed by atoms with Crippen molar-refractivity contribution in [1.29, 1.82) is 0 Å². The van der Waals surface area contributed by atoms with Crippen LogP contribution in [0.25, 0.3) is 22.5 Å². The second-order valence-electron chi connectivity index (χ2n) is 4.25. The highest BCUT2D eigenvalue weighted by molar-refractivity contribution is 5.70. The number of imidazole rings is 1. The minimum absolute atomic E-state index is 0.867. The highest BCUT2D eigenvalue weighted by atomic mass is 16.5. The van der Waals surface area contributed by atoms with Crippen molar-refractivity contribution in [3.8, 4) is 28.3 Å². The van der Waals surface area contributed by atoms with Gasteiger partial charge in [0.2, 0.25) is 0 Å². The maximum absolute atomic E-state index is 5.17. The molecule has 94 valence electrons. The standard InChI is InChI=1S/C16H14N2O/c1-19-15-7-5-12(6-8-15)13-3-2-4-14(11-13)16-17-9-10-18-16/h2-11H,1H3,(H,17,18). The number of ether oxygens (including phenoxy) is 1. The van der Waals surface area contributed by atoms with E-state index < -0.39 is 0 Å². The summed E-state index contributed by atoms with van der Waals surface area (Å²) >= 11 is 0. The van der Waals surface area contributed by atoms with Crippen LogP contribution in [-0.2, 0) is 0 Å². The molecule has 3 heteroatoms. The first-order valence-corrected chi connectivity index (χ1v) is 6.11. The molecule has 0 bridgehead atoms. The Morgan fingerprint density at radius 1 is 0.947 bits per heavy atom. The van der Waals surface area contributed by atoms with Crippen molar-refractivity contribution in [3.05, 3.63) is 60.9 Å². The summed E-state index contributed by atoms with van der Waals surface area (Å²) in [7, 11) is 1.67. The summed E-state index contributed by atoms with van der Waals surface area (Å²) in [6.45, 7) is 0.